The molecule has 5 rings (SSSR count). The lowest BCUT2D eigenvalue weighted by atomic mass is 10.1. The van der Waals surface area contributed by atoms with Gasteiger partial charge in [0.1, 0.15) is 19.2 Å². The van der Waals surface area contributed by atoms with Crippen LogP contribution < -0.4 is 10.1 Å². The van der Waals surface area contributed by atoms with Crippen molar-refractivity contribution in [3.05, 3.63) is 48.2 Å². The highest BCUT2D eigenvalue weighted by molar-refractivity contribution is 5.79. The molecule has 13 nitrogen and oxygen atoms in total. The van der Waals surface area contributed by atoms with Gasteiger partial charge in [0.2, 0.25) is 12.2 Å². The third-order valence-electron chi connectivity index (χ3n) is 6.50. The fourth-order valence-electron chi connectivity index (χ4n) is 4.16. The zero-order chi connectivity index (χ0) is 31.3. The fourth-order valence-corrected chi connectivity index (χ4v) is 4.16. The Labute approximate surface area is 255 Å². The monoisotopic (exact) mass is 611 g/mol. The van der Waals surface area contributed by atoms with E-state index in [-0.39, 0.29) is 30.4 Å². The molecule has 0 aliphatic carbocycles. The molecule has 44 heavy (non-hydrogen) atoms. The Balaban J connectivity index is 0.000000285. The van der Waals surface area contributed by atoms with Crippen molar-refractivity contribution in [2.45, 2.75) is 19.6 Å². The van der Waals surface area contributed by atoms with Crippen LogP contribution in [-0.2, 0) is 23.7 Å². The van der Waals surface area contributed by atoms with Crippen LogP contribution in [0.4, 0.5) is 4.39 Å². The van der Waals surface area contributed by atoms with Gasteiger partial charge in [0, 0.05) is 30.8 Å². The molecular weight excluding hydrogens is 573 g/mol. The molecule has 0 radical (unpaired) electrons. The summed E-state index contributed by atoms with van der Waals surface area (Å²) in [6, 6.07) is 10.2. The molecule has 2 aliphatic heterocycles. The number of imidazole rings is 1. The lowest BCUT2D eigenvalue weighted by molar-refractivity contribution is -0.205. The van der Waals surface area contributed by atoms with Crippen LogP contribution in [0.15, 0.2) is 36.5 Å². The first-order chi connectivity index (χ1) is 21.3. The van der Waals surface area contributed by atoms with E-state index < -0.39 is 6.29 Å². The van der Waals surface area contributed by atoms with Gasteiger partial charge in [-0.25, -0.2) is 14.4 Å². The molecule has 0 bridgehead atoms. The molecule has 0 atom stereocenters. The van der Waals surface area contributed by atoms with E-state index in [4.69, 9.17) is 33.9 Å². The molecule has 2 N–H and O–H groups in total. The average molecular weight is 612 g/mol. The molecule has 2 fully saturated rings. The van der Waals surface area contributed by atoms with Crippen LogP contribution in [-0.4, -0.2) is 97.8 Å². The molecule has 14 heteroatoms. The largest absolute Gasteiger partial charge is 0.462 e. The van der Waals surface area contributed by atoms with Crippen LogP contribution in [0.1, 0.15) is 25.5 Å². The summed E-state index contributed by atoms with van der Waals surface area (Å²) < 4.78 is 40.7. The molecule has 236 valence electrons. The number of benzene rings is 1. The predicted molar refractivity (Wildman–Crippen MR) is 156 cm³/mol. The van der Waals surface area contributed by atoms with Gasteiger partial charge in [-0.2, -0.15) is 10.2 Å². The second-order valence-electron chi connectivity index (χ2n) is 10.6. The van der Waals surface area contributed by atoms with Gasteiger partial charge in [-0.05, 0) is 44.4 Å². The van der Waals surface area contributed by atoms with E-state index in [1.165, 1.54) is 12.1 Å². The lowest BCUT2D eigenvalue weighted by Gasteiger charge is -2.25. The molecule has 0 spiro atoms. The molecule has 0 saturated carbocycles. The number of aromatic nitrogens is 4. The topological polar surface area (TPSA) is 157 Å². The van der Waals surface area contributed by atoms with Crippen LogP contribution in [0, 0.1) is 29.0 Å². The maximum atomic E-state index is 13.5. The van der Waals surface area contributed by atoms with Crippen molar-refractivity contribution in [1.82, 2.24) is 30.2 Å². The van der Waals surface area contributed by atoms with Gasteiger partial charge < -0.3 is 38.9 Å². The Morgan fingerprint density at radius 2 is 1.86 bits per heavy atom. The normalized spacial score (nSPS) is 18.6. The Hall–Kier alpha value is -4.00. The van der Waals surface area contributed by atoms with Gasteiger partial charge in [-0.1, -0.05) is 6.92 Å². The number of nitriles is 1. The van der Waals surface area contributed by atoms with Crippen LogP contribution in [0.3, 0.4) is 0 Å². The zero-order valence-corrected chi connectivity index (χ0v) is 25.1. The molecule has 0 unspecified atom stereocenters. The second-order valence-corrected chi connectivity index (χ2v) is 10.6. The Morgan fingerprint density at radius 3 is 2.55 bits per heavy atom. The predicted octanol–water partition coefficient (Wildman–Crippen LogP) is 2.93. The van der Waals surface area contributed by atoms with Crippen LogP contribution in [0.5, 0.6) is 6.01 Å². The van der Waals surface area contributed by atoms with Crippen LogP contribution in [0.25, 0.3) is 22.6 Å². The zero-order valence-electron chi connectivity index (χ0n) is 25.1. The highest BCUT2D eigenvalue weighted by atomic mass is 19.1. The summed E-state index contributed by atoms with van der Waals surface area (Å²) in [5.41, 5.74) is 2.64. The first-order valence-electron chi connectivity index (χ1n) is 14.3. The minimum atomic E-state index is -0.596. The summed E-state index contributed by atoms with van der Waals surface area (Å²) in [7, 11) is 3.94. The van der Waals surface area contributed by atoms with E-state index in [0.717, 1.165) is 12.1 Å². The number of rotatable bonds is 10. The molecule has 1 aromatic carbocycles. The van der Waals surface area contributed by atoms with E-state index in [9.17, 15) is 9.18 Å². The third-order valence-corrected chi connectivity index (χ3v) is 6.50. The number of nitrogens with zero attached hydrogens (tertiary/aromatic N) is 5. The standard InChI is InChI=1S/C22H26FN5O3.C8H12N2O3/c1-14-12-30-21(31-13-14)20-26-18(15-4-6-16(23)7-5-15)19(27-20)17-8-9-24-22(25-17)29-11-10-28(2)3;9-2-1-3-10-8(11)7-4-12-6-13-5-7/h4-9,14,21H,10-13H2,1-3H3,(H,26,27);7H,1,3-6H2,(H,10,11). The van der Waals surface area contributed by atoms with E-state index in [0.29, 0.717) is 74.8 Å². The van der Waals surface area contributed by atoms with Gasteiger partial charge in [-0.15, -0.1) is 0 Å². The van der Waals surface area contributed by atoms with E-state index in [1.807, 2.05) is 25.1 Å². The average Bonchev–Trinajstić information content (AvgIpc) is 3.48. The molecule has 2 aromatic heterocycles. The molecule has 3 aromatic rings. The summed E-state index contributed by atoms with van der Waals surface area (Å²) in [6.45, 7) is 5.92. The van der Waals surface area contributed by atoms with E-state index in [1.54, 1.807) is 24.4 Å². The van der Waals surface area contributed by atoms with Gasteiger partial charge >= 0.3 is 6.01 Å². The van der Waals surface area contributed by atoms with E-state index in [2.05, 4.69) is 27.2 Å². The number of aromatic amines is 1. The quantitative estimate of drug-likeness (QED) is 0.325. The number of H-pyrrole nitrogens is 1. The summed E-state index contributed by atoms with van der Waals surface area (Å²) in [4.78, 5) is 30.0. The number of hydrogen-bond donors (Lipinski definition) is 2. The van der Waals surface area contributed by atoms with Gasteiger partial charge in [0.25, 0.3) is 0 Å². The van der Waals surface area contributed by atoms with Gasteiger partial charge in [-0.3, -0.25) is 4.79 Å². The maximum Gasteiger partial charge on any atom is 0.316 e. The number of halogens is 1. The maximum absolute atomic E-state index is 13.5. The highest BCUT2D eigenvalue weighted by Gasteiger charge is 2.27. The third kappa shape index (κ3) is 9.76. The number of ether oxygens (including phenoxy) is 5. The minimum Gasteiger partial charge on any atom is -0.462 e. The number of nitrogens with one attached hydrogen (secondary N) is 2. The molecule has 1 amide bonds. The number of hydrogen-bond acceptors (Lipinski definition) is 11. The van der Waals surface area contributed by atoms with Crippen molar-refractivity contribution in [3.8, 4) is 34.7 Å². The Kier molecular flexibility index (Phi) is 12.5. The van der Waals surface area contributed by atoms with E-state index >= 15 is 0 Å². The van der Waals surface area contributed by atoms with Crippen molar-refractivity contribution in [2.75, 3.05) is 67.0 Å². The molecular formula is C30H38FN7O6. The van der Waals surface area contributed by atoms with Crippen molar-refractivity contribution in [2.24, 2.45) is 11.8 Å². The summed E-state index contributed by atoms with van der Waals surface area (Å²) in [6.07, 6.45) is 1.37. The summed E-state index contributed by atoms with van der Waals surface area (Å²) in [5, 5.41) is 10.9. The molecule has 2 aliphatic rings. The van der Waals surface area contributed by atoms with Gasteiger partial charge in [0.15, 0.2) is 5.82 Å². The van der Waals surface area contributed by atoms with Crippen LogP contribution in [0.2, 0.25) is 0 Å². The Bertz CT molecular complexity index is 1370. The Morgan fingerprint density at radius 1 is 1.14 bits per heavy atom. The minimum absolute atomic E-state index is 0.102. The lowest BCUT2D eigenvalue weighted by Crippen LogP contribution is -2.39. The van der Waals surface area contributed by atoms with Crippen molar-refractivity contribution in [3.63, 3.8) is 0 Å². The van der Waals surface area contributed by atoms with Crippen molar-refractivity contribution >= 4 is 5.91 Å². The summed E-state index contributed by atoms with van der Waals surface area (Å²) >= 11 is 0. The number of carbonyl (C=O) groups is 1. The van der Waals surface area contributed by atoms with Crippen LogP contribution >= 0.6 is 0 Å². The SMILES string of the molecule is CC1COC(c2nc(-c3ccc(F)cc3)c(-c3ccnc(OCCN(C)C)n3)[nH]2)OC1.N#CCCNC(=O)C1COCOC1. The number of amides is 1. The first-order valence-corrected chi connectivity index (χ1v) is 14.3. The van der Waals surface area contributed by atoms with Crippen molar-refractivity contribution in [1.29, 1.82) is 5.26 Å². The highest BCUT2D eigenvalue weighted by Crippen LogP contribution is 2.33. The molecule has 2 saturated heterocycles. The summed E-state index contributed by atoms with van der Waals surface area (Å²) in [5.74, 6) is 0.218. The smallest absolute Gasteiger partial charge is 0.316 e. The number of carbonyl (C=O) groups excluding carboxylic acids is 1. The van der Waals surface area contributed by atoms with Gasteiger partial charge in [0.05, 0.1) is 61.9 Å². The molecule has 4 heterocycles. The fraction of sp³-hybridized carbons (Fsp3) is 0.500. The number of likely N-dealkylation sites (N-methyl/N-ethyl adjacent to an activating group) is 1. The first kappa shape index (κ1) is 32.9. The van der Waals surface area contributed by atoms with Crippen molar-refractivity contribution < 1.29 is 32.9 Å². The second kappa shape index (κ2) is 16.7.